The Bertz CT molecular complexity index is 118. The van der Waals surface area contributed by atoms with Crippen LogP contribution in [0.3, 0.4) is 0 Å². The second kappa shape index (κ2) is 4.27. The molecule has 0 N–H and O–H groups in total. The van der Waals surface area contributed by atoms with Gasteiger partial charge in [-0.2, -0.15) is 0 Å². The van der Waals surface area contributed by atoms with Crippen molar-refractivity contribution in [2.75, 3.05) is 20.1 Å². The van der Waals surface area contributed by atoms with Crippen molar-refractivity contribution in [1.29, 1.82) is 0 Å². The maximum absolute atomic E-state index is 2.49. The van der Waals surface area contributed by atoms with Crippen LogP contribution in [-0.4, -0.2) is 25.0 Å². The lowest BCUT2D eigenvalue weighted by Crippen LogP contribution is -2.37. The molecule has 1 saturated heterocycles. The molecule has 1 heterocycles. The van der Waals surface area contributed by atoms with E-state index in [-0.39, 0.29) is 0 Å². The number of rotatable bonds is 2. The minimum atomic E-state index is 0.869. The van der Waals surface area contributed by atoms with Crippen LogP contribution in [0.1, 0.15) is 33.6 Å². The summed E-state index contributed by atoms with van der Waals surface area (Å²) in [6.45, 7) is 9.67. The Labute approximate surface area is 77.1 Å². The molecule has 0 aromatic carbocycles. The molecule has 12 heavy (non-hydrogen) atoms. The fraction of sp³-hybridized carbons (Fsp3) is 1.00. The zero-order chi connectivity index (χ0) is 9.14. The summed E-state index contributed by atoms with van der Waals surface area (Å²) in [6.07, 6.45) is 2.86. The van der Waals surface area contributed by atoms with Crippen LogP contribution in [0, 0.1) is 17.8 Å². The van der Waals surface area contributed by atoms with Gasteiger partial charge in [-0.15, -0.1) is 0 Å². The standard InChI is InChI=1S/C11H23N/c1-9(2)5-11-6-10(3)7-12(4)8-11/h9-11H,5-8H2,1-4H3/t10?,11-/m0/s1. The van der Waals surface area contributed by atoms with Gasteiger partial charge in [0, 0.05) is 13.1 Å². The lowest BCUT2D eigenvalue weighted by Gasteiger charge is -2.34. The van der Waals surface area contributed by atoms with Crippen LogP contribution in [0.4, 0.5) is 0 Å². The normalized spacial score (nSPS) is 32.8. The fourth-order valence-corrected chi connectivity index (χ4v) is 2.60. The highest BCUT2D eigenvalue weighted by Crippen LogP contribution is 2.25. The van der Waals surface area contributed by atoms with Crippen molar-refractivity contribution in [1.82, 2.24) is 4.90 Å². The van der Waals surface area contributed by atoms with Crippen molar-refractivity contribution in [3.8, 4) is 0 Å². The van der Waals surface area contributed by atoms with Gasteiger partial charge in [0.1, 0.15) is 0 Å². The second-order valence-electron chi connectivity index (χ2n) is 5.06. The minimum Gasteiger partial charge on any atom is -0.306 e. The van der Waals surface area contributed by atoms with E-state index < -0.39 is 0 Å². The molecule has 0 aromatic rings. The van der Waals surface area contributed by atoms with E-state index in [2.05, 4.69) is 32.7 Å². The number of nitrogens with zero attached hydrogens (tertiary/aromatic N) is 1. The highest BCUT2D eigenvalue weighted by atomic mass is 15.1. The molecule has 72 valence electrons. The van der Waals surface area contributed by atoms with E-state index >= 15 is 0 Å². The van der Waals surface area contributed by atoms with E-state index in [1.807, 2.05) is 0 Å². The van der Waals surface area contributed by atoms with Gasteiger partial charge in [-0.1, -0.05) is 20.8 Å². The fourth-order valence-electron chi connectivity index (χ4n) is 2.60. The van der Waals surface area contributed by atoms with Gasteiger partial charge in [0.05, 0.1) is 0 Å². The Morgan fingerprint density at radius 2 is 2.00 bits per heavy atom. The van der Waals surface area contributed by atoms with Crippen LogP contribution in [-0.2, 0) is 0 Å². The molecule has 1 rings (SSSR count). The first-order valence-corrected chi connectivity index (χ1v) is 5.26. The van der Waals surface area contributed by atoms with Crippen LogP contribution in [0.5, 0.6) is 0 Å². The molecular weight excluding hydrogens is 146 g/mol. The summed E-state index contributed by atoms with van der Waals surface area (Å²) in [6, 6.07) is 0. The number of piperidine rings is 1. The van der Waals surface area contributed by atoms with Gasteiger partial charge in [-0.05, 0) is 37.6 Å². The Kier molecular flexibility index (Phi) is 3.57. The molecule has 0 bridgehead atoms. The summed E-state index contributed by atoms with van der Waals surface area (Å²) >= 11 is 0. The zero-order valence-corrected chi connectivity index (χ0v) is 9.01. The van der Waals surface area contributed by atoms with Crippen LogP contribution in [0.2, 0.25) is 0 Å². The van der Waals surface area contributed by atoms with E-state index in [9.17, 15) is 0 Å². The van der Waals surface area contributed by atoms with Gasteiger partial charge in [0.25, 0.3) is 0 Å². The van der Waals surface area contributed by atoms with Gasteiger partial charge >= 0.3 is 0 Å². The summed E-state index contributed by atoms with van der Waals surface area (Å²) in [4.78, 5) is 2.49. The molecule has 1 aliphatic heterocycles. The number of hydrogen-bond donors (Lipinski definition) is 0. The lowest BCUT2D eigenvalue weighted by atomic mass is 9.85. The van der Waals surface area contributed by atoms with Crippen LogP contribution < -0.4 is 0 Å². The Morgan fingerprint density at radius 1 is 1.33 bits per heavy atom. The topological polar surface area (TPSA) is 3.24 Å². The second-order valence-corrected chi connectivity index (χ2v) is 5.06. The minimum absolute atomic E-state index is 0.869. The average molecular weight is 169 g/mol. The first-order chi connectivity index (χ1) is 5.58. The molecule has 0 radical (unpaired) electrons. The van der Waals surface area contributed by atoms with Gasteiger partial charge < -0.3 is 4.90 Å². The molecular formula is C11H23N. The van der Waals surface area contributed by atoms with E-state index in [4.69, 9.17) is 0 Å². The maximum atomic E-state index is 2.49. The first-order valence-electron chi connectivity index (χ1n) is 5.26. The lowest BCUT2D eigenvalue weighted by molar-refractivity contribution is 0.146. The van der Waals surface area contributed by atoms with E-state index in [1.165, 1.54) is 25.9 Å². The molecule has 0 aromatic heterocycles. The van der Waals surface area contributed by atoms with Crippen molar-refractivity contribution < 1.29 is 0 Å². The quantitative estimate of drug-likeness (QED) is 0.614. The zero-order valence-electron chi connectivity index (χ0n) is 9.01. The molecule has 0 aliphatic carbocycles. The van der Waals surface area contributed by atoms with Crippen molar-refractivity contribution in [3.05, 3.63) is 0 Å². The Hall–Kier alpha value is -0.0400. The summed E-state index contributed by atoms with van der Waals surface area (Å²) in [5, 5.41) is 0. The SMILES string of the molecule is CC(C)C[C@H]1CC(C)CN(C)C1. The van der Waals surface area contributed by atoms with Crippen LogP contribution >= 0.6 is 0 Å². The van der Waals surface area contributed by atoms with Crippen molar-refractivity contribution in [3.63, 3.8) is 0 Å². The maximum Gasteiger partial charge on any atom is 0.000693 e. The van der Waals surface area contributed by atoms with E-state index in [0.29, 0.717) is 0 Å². The molecule has 0 saturated carbocycles. The summed E-state index contributed by atoms with van der Waals surface area (Å²) in [5.74, 6) is 2.74. The monoisotopic (exact) mass is 169 g/mol. The molecule has 0 spiro atoms. The number of hydrogen-bond acceptors (Lipinski definition) is 1. The molecule has 1 fully saturated rings. The van der Waals surface area contributed by atoms with Crippen LogP contribution in [0.25, 0.3) is 0 Å². The summed E-state index contributed by atoms with van der Waals surface area (Å²) in [7, 11) is 2.25. The van der Waals surface area contributed by atoms with Gasteiger partial charge in [0.2, 0.25) is 0 Å². The highest BCUT2D eigenvalue weighted by Gasteiger charge is 2.22. The third-order valence-corrected chi connectivity index (χ3v) is 2.73. The first kappa shape index (κ1) is 10.0. The number of likely N-dealkylation sites (tertiary alicyclic amines) is 1. The molecule has 1 unspecified atom stereocenters. The predicted molar refractivity (Wildman–Crippen MR) is 54.2 cm³/mol. The van der Waals surface area contributed by atoms with Gasteiger partial charge in [-0.25, -0.2) is 0 Å². The Morgan fingerprint density at radius 3 is 2.50 bits per heavy atom. The summed E-state index contributed by atoms with van der Waals surface area (Å²) < 4.78 is 0. The van der Waals surface area contributed by atoms with Gasteiger partial charge in [0.15, 0.2) is 0 Å². The van der Waals surface area contributed by atoms with Crippen LogP contribution in [0.15, 0.2) is 0 Å². The molecule has 1 heteroatoms. The third-order valence-electron chi connectivity index (χ3n) is 2.73. The van der Waals surface area contributed by atoms with Crippen molar-refractivity contribution >= 4 is 0 Å². The Balaban J connectivity index is 2.34. The molecule has 1 nitrogen and oxygen atoms in total. The third kappa shape index (κ3) is 3.14. The van der Waals surface area contributed by atoms with E-state index in [0.717, 1.165) is 17.8 Å². The van der Waals surface area contributed by atoms with Gasteiger partial charge in [-0.3, -0.25) is 0 Å². The van der Waals surface area contributed by atoms with Crippen molar-refractivity contribution in [2.45, 2.75) is 33.6 Å². The average Bonchev–Trinajstić information content (AvgIpc) is 1.81. The van der Waals surface area contributed by atoms with E-state index in [1.54, 1.807) is 0 Å². The molecule has 2 atom stereocenters. The smallest absolute Gasteiger partial charge is 0.000693 e. The molecule has 1 aliphatic rings. The summed E-state index contributed by atoms with van der Waals surface area (Å²) in [5.41, 5.74) is 0. The van der Waals surface area contributed by atoms with Crippen molar-refractivity contribution in [2.24, 2.45) is 17.8 Å². The largest absolute Gasteiger partial charge is 0.306 e. The predicted octanol–water partition coefficient (Wildman–Crippen LogP) is 2.62. The molecule has 0 amide bonds. The highest BCUT2D eigenvalue weighted by molar-refractivity contribution is 4.75.